The van der Waals surface area contributed by atoms with E-state index in [0.29, 0.717) is 4.88 Å². The lowest BCUT2D eigenvalue weighted by Crippen LogP contribution is -2.49. The van der Waals surface area contributed by atoms with E-state index in [-0.39, 0.29) is 17.8 Å². The monoisotopic (exact) mass is 475 g/mol. The van der Waals surface area contributed by atoms with Crippen molar-refractivity contribution >= 4 is 28.8 Å². The molecule has 1 aliphatic rings. The van der Waals surface area contributed by atoms with E-state index in [2.05, 4.69) is 21.3 Å². The first-order valence-corrected chi connectivity index (χ1v) is 12.2. The highest BCUT2D eigenvalue weighted by Crippen LogP contribution is 2.23. The van der Waals surface area contributed by atoms with E-state index in [1.165, 1.54) is 16.9 Å². The van der Waals surface area contributed by atoms with Crippen LogP contribution in [0.3, 0.4) is 0 Å². The van der Waals surface area contributed by atoms with Gasteiger partial charge in [0.1, 0.15) is 11.6 Å². The number of thiophene rings is 1. The average Bonchev–Trinajstić information content (AvgIpc) is 3.41. The van der Waals surface area contributed by atoms with Gasteiger partial charge in [-0.1, -0.05) is 18.2 Å². The minimum absolute atomic E-state index is 0.0197. The number of nitrogens with one attached hydrogen (secondary N) is 2. The predicted molar refractivity (Wildman–Crippen MR) is 137 cm³/mol. The molecule has 8 heteroatoms. The lowest BCUT2D eigenvalue weighted by molar-refractivity contribution is 0.0734. The molecule has 0 radical (unpaired) electrons. The Morgan fingerprint density at radius 3 is 2.82 bits per heavy atom. The third-order valence-electron chi connectivity index (χ3n) is 5.82. The molecule has 0 bridgehead atoms. The predicted octanol–water partition coefficient (Wildman–Crippen LogP) is 4.86. The van der Waals surface area contributed by atoms with E-state index >= 15 is 0 Å². The van der Waals surface area contributed by atoms with Crippen LogP contribution in [0.1, 0.15) is 28.1 Å². The van der Waals surface area contributed by atoms with Gasteiger partial charge in [-0.3, -0.25) is 25.0 Å². The van der Waals surface area contributed by atoms with Gasteiger partial charge in [0.05, 0.1) is 12.0 Å². The van der Waals surface area contributed by atoms with Gasteiger partial charge in [0.15, 0.2) is 0 Å². The standard InChI is InChI=1S/C26H29N5O2S/c1-33-23-7-2-6-21(17-23)29-13-9-25(27)31(26(32)24-8-4-16-34-24)22-10-14-30(15-11-22)19-20-5-3-12-28-18-20/h2-9,12-13,16-18,22,27,29H,10-11,14-15,19H2,1H3/b13-9-,27-25?. The zero-order valence-electron chi connectivity index (χ0n) is 19.2. The Balaban J connectivity index is 1.43. The lowest BCUT2D eigenvalue weighted by Gasteiger charge is -2.38. The molecule has 0 saturated carbocycles. The van der Waals surface area contributed by atoms with Crippen LogP contribution in [0.4, 0.5) is 5.69 Å². The number of methoxy groups -OCH3 is 1. The van der Waals surface area contributed by atoms with Crippen molar-refractivity contribution in [1.29, 1.82) is 5.41 Å². The summed E-state index contributed by atoms with van der Waals surface area (Å²) in [6.07, 6.45) is 8.66. The van der Waals surface area contributed by atoms with Crippen LogP contribution >= 0.6 is 11.3 Å². The van der Waals surface area contributed by atoms with Crippen molar-refractivity contribution in [2.75, 3.05) is 25.5 Å². The Labute approximate surface area is 204 Å². The smallest absolute Gasteiger partial charge is 0.269 e. The zero-order chi connectivity index (χ0) is 23.8. The number of pyridine rings is 1. The summed E-state index contributed by atoms with van der Waals surface area (Å²) in [6, 6.07) is 15.3. The normalized spacial score (nSPS) is 14.7. The molecule has 3 aromatic rings. The topological polar surface area (TPSA) is 81.5 Å². The summed E-state index contributed by atoms with van der Waals surface area (Å²) in [5.41, 5.74) is 2.04. The van der Waals surface area contributed by atoms with Crippen LogP contribution in [0.15, 0.2) is 78.6 Å². The SMILES string of the molecule is COc1cccc(N/C=C\C(=N)N(C(=O)c2cccs2)C2CCN(Cc3cccnc3)CC2)c1. The van der Waals surface area contributed by atoms with Gasteiger partial charge < -0.3 is 10.1 Å². The van der Waals surface area contributed by atoms with Gasteiger partial charge in [-0.25, -0.2) is 0 Å². The molecule has 7 nitrogen and oxygen atoms in total. The van der Waals surface area contributed by atoms with Crippen LogP contribution in [0.2, 0.25) is 0 Å². The van der Waals surface area contributed by atoms with Gasteiger partial charge in [0.2, 0.25) is 0 Å². The van der Waals surface area contributed by atoms with Crippen molar-refractivity contribution in [3.8, 4) is 5.75 Å². The number of hydrogen-bond donors (Lipinski definition) is 2. The van der Waals surface area contributed by atoms with E-state index in [9.17, 15) is 4.79 Å². The van der Waals surface area contributed by atoms with E-state index in [0.717, 1.165) is 43.9 Å². The van der Waals surface area contributed by atoms with Gasteiger partial charge in [-0.2, -0.15) is 0 Å². The number of rotatable bonds is 8. The molecule has 0 atom stereocenters. The fraction of sp³-hybridized carbons (Fsp3) is 0.269. The van der Waals surface area contributed by atoms with Crippen LogP contribution in [0, 0.1) is 5.41 Å². The molecule has 34 heavy (non-hydrogen) atoms. The maximum atomic E-state index is 13.3. The van der Waals surface area contributed by atoms with E-state index in [4.69, 9.17) is 10.1 Å². The van der Waals surface area contributed by atoms with Gasteiger partial charge in [0.25, 0.3) is 5.91 Å². The molecule has 1 saturated heterocycles. The molecule has 1 fully saturated rings. The van der Waals surface area contributed by atoms with Crippen molar-refractivity contribution in [2.24, 2.45) is 0 Å². The molecule has 0 aliphatic carbocycles. The number of benzene rings is 1. The Morgan fingerprint density at radius 1 is 1.26 bits per heavy atom. The molecule has 176 valence electrons. The molecule has 0 spiro atoms. The number of amidine groups is 1. The molecule has 1 aliphatic heterocycles. The first-order chi connectivity index (χ1) is 16.6. The number of likely N-dealkylation sites (tertiary alicyclic amines) is 1. The van der Waals surface area contributed by atoms with Gasteiger partial charge in [0, 0.05) is 56.0 Å². The minimum atomic E-state index is -0.114. The van der Waals surface area contributed by atoms with Crippen LogP contribution in [-0.4, -0.2) is 52.8 Å². The summed E-state index contributed by atoms with van der Waals surface area (Å²) in [7, 11) is 1.63. The number of anilines is 1. The van der Waals surface area contributed by atoms with Crippen molar-refractivity contribution in [1.82, 2.24) is 14.8 Å². The van der Waals surface area contributed by atoms with E-state index in [1.54, 1.807) is 30.5 Å². The molecule has 2 N–H and O–H groups in total. The number of piperidine rings is 1. The summed E-state index contributed by atoms with van der Waals surface area (Å²) in [6.45, 7) is 2.58. The maximum Gasteiger partial charge on any atom is 0.269 e. The van der Waals surface area contributed by atoms with Gasteiger partial charge >= 0.3 is 0 Å². The quantitative estimate of drug-likeness (QED) is 0.359. The van der Waals surface area contributed by atoms with Crippen molar-refractivity contribution in [3.63, 3.8) is 0 Å². The number of amides is 1. The first-order valence-electron chi connectivity index (χ1n) is 11.3. The highest BCUT2D eigenvalue weighted by molar-refractivity contribution is 7.12. The summed E-state index contributed by atoms with van der Waals surface area (Å²) in [4.78, 5) is 22.2. The second kappa shape index (κ2) is 11.6. The fourth-order valence-corrected chi connectivity index (χ4v) is 4.75. The summed E-state index contributed by atoms with van der Waals surface area (Å²) < 4.78 is 5.25. The maximum absolute atomic E-state index is 13.3. The number of carbonyl (C=O) groups excluding carboxylic acids is 1. The third-order valence-corrected chi connectivity index (χ3v) is 6.68. The lowest BCUT2D eigenvalue weighted by atomic mass is 10.0. The largest absolute Gasteiger partial charge is 0.497 e. The summed E-state index contributed by atoms with van der Waals surface area (Å²) in [5, 5.41) is 13.8. The van der Waals surface area contributed by atoms with Crippen molar-refractivity contribution in [2.45, 2.75) is 25.4 Å². The molecule has 0 unspecified atom stereocenters. The second-order valence-corrected chi connectivity index (χ2v) is 9.06. The van der Waals surface area contributed by atoms with Gasteiger partial charge in [-0.15, -0.1) is 11.3 Å². The van der Waals surface area contributed by atoms with Crippen molar-refractivity contribution in [3.05, 3.63) is 89.0 Å². The van der Waals surface area contributed by atoms with Crippen LogP contribution in [0.5, 0.6) is 5.75 Å². The minimum Gasteiger partial charge on any atom is -0.497 e. The van der Waals surface area contributed by atoms with Gasteiger partial charge in [-0.05, 0) is 54.1 Å². The van der Waals surface area contributed by atoms with Crippen LogP contribution in [0.25, 0.3) is 0 Å². The average molecular weight is 476 g/mol. The van der Waals surface area contributed by atoms with E-state index < -0.39 is 0 Å². The Bertz CT molecular complexity index is 1110. The molecule has 2 aromatic heterocycles. The fourth-order valence-electron chi connectivity index (χ4n) is 4.09. The Morgan fingerprint density at radius 2 is 2.12 bits per heavy atom. The van der Waals surface area contributed by atoms with E-state index in [1.807, 2.05) is 54.0 Å². The van der Waals surface area contributed by atoms with Crippen LogP contribution < -0.4 is 10.1 Å². The Hall–Kier alpha value is -3.49. The second-order valence-electron chi connectivity index (χ2n) is 8.12. The Kier molecular flexibility index (Phi) is 8.06. The first kappa shape index (κ1) is 23.7. The molecular formula is C26H29N5O2S. The summed E-state index contributed by atoms with van der Waals surface area (Å²) >= 11 is 1.41. The highest BCUT2D eigenvalue weighted by atomic mass is 32.1. The third kappa shape index (κ3) is 6.09. The highest BCUT2D eigenvalue weighted by Gasteiger charge is 2.31. The number of carbonyl (C=O) groups is 1. The van der Waals surface area contributed by atoms with Crippen molar-refractivity contribution < 1.29 is 9.53 Å². The molecule has 3 heterocycles. The summed E-state index contributed by atoms with van der Waals surface area (Å²) in [5.74, 6) is 0.817. The number of nitrogens with zero attached hydrogens (tertiary/aromatic N) is 3. The zero-order valence-corrected chi connectivity index (χ0v) is 20.0. The molecular weight excluding hydrogens is 446 g/mol. The molecule has 4 rings (SSSR count). The molecule has 1 amide bonds. The van der Waals surface area contributed by atoms with Crippen LogP contribution in [-0.2, 0) is 6.54 Å². The number of ether oxygens (including phenoxy) is 1. The molecule has 1 aromatic carbocycles. The number of hydrogen-bond acceptors (Lipinski definition) is 7. The number of aromatic nitrogens is 1.